The molecule has 0 aromatic carbocycles. The van der Waals surface area contributed by atoms with Gasteiger partial charge in [-0.05, 0) is 0 Å². The molecule has 0 amide bonds. The maximum Gasteiger partial charge on any atom is 0 e. The van der Waals surface area contributed by atoms with Gasteiger partial charge >= 0.3 is 0 Å². The second kappa shape index (κ2) is 8.93. The zero-order valence-electron chi connectivity index (χ0n) is 3.82. The van der Waals surface area contributed by atoms with E-state index in [1.165, 1.54) is 0 Å². The molecule has 0 nitrogen and oxygen atoms in total. The zero-order chi connectivity index (χ0) is 4.12. The maximum atomic E-state index is 3.31. The van der Waals surface area contributed by atoms with Gasteiger partial charge in [-0.15, -0.1) is 0 Å². The van der Waals surface area contributed by atoms with Gasteiger partial charge in [0.1, 0.15) is 0 Å². The predicted octanol–water partition coefficient (Wildman–Crippen LogP) is 1.23. The molecular formula is C5H7W-. The average Bonchev–Trinajstić information content (AvgIpc) is 1.41. The Labute approximate surface area is 53.6 Å². The third-order valence-corrected chi connectivity index (χ3v) is 0.302. The average molecular weight is 251 g/mol. The second-order valence-corrected chi connectivity index (χ2v) is 0.707. The van der Waals surface area contributed by atoms with Crippen molar-refractivity contribution in [2.75, 3.05) is 0 Å². The Balaban J connectivity index is 0. The van der Waals surface area contributed by atoms with Gasteiger partial charge in [-0.2, -0.15) is 6.92 Å². The number of hydrogen-bond acceptors (Lipinski definition) is 0. The monoisotopic (exact) mass is 251 g/mol. The molecule has 34 valence electrons. The summed E-state index contributed by atoms with van der Waals surface area (Å²) in [4.78, 5) is 0. The van der Waals surface area contributed by atoms with E-state index in [-0.39, 0.29) is 21.1 Å². The van der Waals surface area contributed by atoms with Crippen LogP contribution < -0.4 is 0 Å². The third kappa shape index (κ3) is 8.92. The first-order valence-corrected chi connectivity index (χ1v) is 1.66. The molecule has 1 heteroatoms. The molecule has 6 heavy (non-hydrogen) atoms. The molecule has 0 fully saturated rings. The van der Waals surface area contributed by atoms with Crippen LogP contribution in [-0.4, -0.2) is 0 Å². The molecule has 0 aliphatic heterocycles. The molecule has 0 N–H and O–H groups in total. The molecule has 0 aromatic heterocycles. The molecule has 0 saturated carbocycles. The summed E-state index contributed by atoms with van der Waals surface area (Å²) >= 11 is 0. The molecule has 0 rings (SSSR count). The number of rotatable bonds is 0. The van der Waals surface area contributed by atoms with Crippen LogP contribution in [0.1, 0.15) is 13.3 Å². The summed E-state index contributed by atoms with van der Waals surface area (Å²) in [6.07, 6.45) is 0.920. The van der Waals surface area contributed by atoms with E-state index in [1.54, 1.807) is 0 Å². The SMILES string of the molecule is [CH2-]C#CCC.[W]. The molecule has 0 heterocycles. The van der Waals surface area contributed by atoms with Gasteiger partial charge in [-0.25, -0.2) is 0 Å². The van der Waals surface area contributed by atoms with Crippen LogP contribution in [0, 0.1) is 18.8 Å². The second-order valence-electron chi connectivity index (χ2n) is 0.707. The fourth-order valence-electron chi connectivity index (χ4n) is 0.125. The van der Waals surface area contributed by atoms with Crippen molar-refractivity contribution in [3.63, 3.8) is 0 Å². The standard InChI is InChI=1S/C5H7.W/c1-3-5-4-2;/h1,4H2,2H3;/q-1;. The first-order valence-electron chi connectivity index (χ1n) is 1.66. The van der Waals surface area contributed by atoms with E-state index in [9.17, 15) is 0 Å². The molecule has 0 radical (unpaired) electrons. The summed E-state index contributed by atoms with van der Waals surface area (Å²) < 4.78 is 0. The fraction of sp³-hybridized carbons (Fsp3) is 0.400. The van der Waals surface area contributed by atoms with Gasteiger partial charge in [0.05, 0.1) is 0 Å². The zero-order valence-corrected chi connectivity index (χ0v) is 6.76. The summed E-state index contributed by atoms with van der Waals surface area (Å²) in [6, 6.07) is 0. The van der Waals surface area contributed by atoms with Crippen molar-refractivity contribution in [2.45, 2.75) is 13.3 Å². The van der Waals surface area contributed by atoms with Crippen LogP contribution in [0.25, 0.3) is 0 Å². The van der Waals surface area contributed by atoms with Gasteiger partial charge in [0.2, 0.25) is 0 Å². The molecule has 0 atom stereocenters. The normalized spacial score (nSPS) is 4.17. The Bertz CT molecular complexity index is 56.1. The minimum atomic E-state index is 0. The Hall–Kier alpha value is 0.118. The van der Waals surface area contributed by atoms with E-state index in [4.69, 9.17) is 0 Å². The summed E-state index contributed by atoms with van der Waals surface area (Å²) in [5.74, 6) is 5.27. The summed E-state index contributed by atoms with van der Waals surface area (Å²) in [7, 11) is 0. The van der Waals surface area contributed by atoms with Crippen molar-refractivity contribution in [1.82, 2.24) is 0 Å². The Morgan fingerprint density at radius 1 is 1.67 bits per heavy atom. The molecule has 0 unspecified atom stereocenters. The Kier molecular flexibility index (Phi) is 14.1. The Morgan fingerprint density at radius 2 is 2.17 bits per heavy atom. The van der Waals surface area contributed by atoms with Crippen molar-refractivity contribution >= 4 is 0 Å². The maximum absolute atomic E-state index is 3.31. The molecule has 0 aliphatic rings. The van der Waals surface area contributed by atoms with Crippen LogP contribution >= 0.6 is 0 Å². The first kappa shape index (κ1) is 9.45. The van der Waals surface area contributed by atoms with Gasteiger partial charge in [0.15, 0.2) is 0 Å². The minimum absolute atomic E-state index is 0. The van der Waals surface area contributed by atoms with Crippen molar-refractivity contribution in [1.29, 1.82) is 0 Å². The van der Waals surface area contributed by atoms with Crippen LogP contribution in [0.5, 0.6) is 0 Å². The third-order valence-electron chi connectivity index (χ3n) is 0.302. The van der Waals surface area contributed by atoms with Gasteiger partial charge in [0, 0.05) is 21.1 Å². The van der Waals surface area contributed by atoms with Gasteiger partial charge in [-0.1, -0.05) is 13.3 Å². The van der Waals surface area contributed by atoms with E-state index >= 15 is 0 Å². The Morgan fingerprint density at radius 3 is 2.17 bits per heavy atom. The molecular weight excluding hydrogens is 244 g/mol. The quantitative estimate of drug-likeness (QED) is 0.448. The predicted molar refractivity (Wildman–Crippen MR) is 23.4 cm³/mol. The smallest absolute Gasteiger partial charge is 0 e. The summed E-state index contributed by atoms with van der Waals surface area (Å²) in [5.41, 5.74) is 0. The van der Waals surface area contributed by atoms with Crippen molar-refractivity contribution in [2.24, 2.45) is 0 Å². The van der Waals surface area contributed by atoms with Gasteiger partial charge < -0.3 is 5.92 Å². The topological polar surface area (TPSA) is 0 Å². The van der Waals surface area contributed by atoms with Crippen molar-refractivity contribution in [3.8, 4) is 11.8 Å². The van der Waals surface area contributed by atoms with Crippen molar-refractivity contribution in [3.05, 3.63) is 6.92 Å². The van der Waals surface area contributed by atoms with Crippen LogP contribution in [0.2, 0.25) is 0 Å². The van der Waals surface area contributed by atoms with E-state index in [2.05, 4.69) is 18.8 Å². The van der Waals surface area contributed by atoms with Crippen LogP contribution in [0.15, 0.2) is 0 Å². The summed E-state index contributed by atoms with van der Waals surface area (Å²) in [5, 5.41) is 0. The first-order chi connectivity index (χ1) is 2.41. The molecule has 0 aliphatic carbocycles. The number of hydrogen-bond donors (Lipinski definition) is 0. The minimum Gasteiger partial charge on any atom is -0.328 e. The molecule has 0 bridgehead atoms. The van der Waals surface area contributed by atoms with Crippen molar-refractivity contribution < 1.29 is 21.1 Å². The fourth-order valence-corrected chi connectivity index (χ4v) is 0.125. The summed E-state index contributed by atoms with van der Waals surface area (Å²) in [6.45, 7) is 5.31. The van der Waals surface area contributed by atoms with Gasteiger partial charge in [-0.3, -0.25) is 5.92 Å². The van der Waals surface area contributed by atoms with E-state index in [0.29, 0.717) is 0 Å². The molecule has 0 spiro atoms. The van der Waals surface area contributed by atoms with Gasteiger partial charge in [0.25, 0.3) is 0 Å². The largest absolute Gasteiger partial charge is 0.328 e. The van der Waals surface area contributed by atoms with E-state index in [1.807, 2.05) is 6.92 Å². The molecule has 0 saturated heterocycles. The van der Waals surface area contributed by atoms with Crippen LogP contribution in [0.3, 0.4) is 0 Å². The molecule has 0 aromatic rings. The van der Waals surface area contributed by atoms with Crippen LogP contribution in [0.4, 0.5) is 0 Å². The van der Waals surface area contributed by atoms with E-state index in [0.717, 1.165) is 6.42 Å². The van der Waals surface area contributed by atoms with E-state index < -0.39 is 0 Å². The van der Waals surface area contributed by atoms with Crippen LogP contribution in [-0.2, 0) is 21.1 Å².